The molecule has 0 N–H and O–H groups in total. The highest BCUT2D eigenvalue weighted by Gasteiger charge is 2.06. The Balaban J connectivity index is 3.29. The molecule has 0 radical (unpaired) electrons. The lowest BCUT2D eigenvalue weighted by Crippen LogP contribution is -2.31. The third kappa shape index (κ3) is 8.01. The Labute approximate surface area is 99.4 Å². The van der Waals surface area contributed by atoms with Gasteiger partial charge in [0.05, 0.1) is 0 Å². The SMILES string of the molecule is CSCC(C)N(C)CCCCCCS. The number of hydrogen-bond donors (Lipinski definition) is 1. The molecule has 0 spiro atoms. The van der Waals surface area contributed by atoms with Gasteiger partial charge >= 0.3 is 0 Å². The van der Waals surface area contributed by atoms with Crippen molar-refractivity contribution in [2.75, 3.05) is 31.4 Å². The van der Waals surface area contributed by atoms with E-state index in [1.165, 1.54) is 38.0 Å². The first-order chi connectivity index (χ1) is 6.72. The summed E-state index contributed by atoms with van der Waals surface area (Å²) in [6.45, 7) is 3.55. The van der Waals surface area contributed by atoms with Crippen LogP contribution in [0.4, 0.5) is 0 Å². The molecule has 0 amide bonds. The summed E-state index contributed by atoms with van der Waals surface area (Å²) in [6.07, 6.45) is 7.48. The molecule has 1 atom stereocenters. The third-order valence-corrected chi connectivity index (χ3v) is 3.71. The van der Waals surface area contributed by atoms with Crippen molar-refractivity contribution in [3.8, 4) is 0 Å². The van der Waals surface area contributed by atoms with E-state index in [-0.39, 0.29) is 0 Å². The minimum atomic E-state index is 0.717. The summed E-state index contributed by atoms with van der Waals surface area (Å²) >= 11 is 6.14. The summed E-state index contributed by atoms with van der Waals surface area (Å²) in [5.41, 5.74) is 0. The number of rotatable bonds is 9. The first kappa shape index (κ1) is 14.7. The Hall–Kier alpha value is 0.660. The first-order valence-corrected chi connectivity index (χ1v) is 7.55. The number of hydrogen-bond acceptors (Lipinski definition) is 3. The van der Waals surface area contributed by atoms with Crippen molar-refractivity contribution in [2.45, 2.75) is 38.6 Å². The van der Waals surface area contributed by atoms with Crippen molar-refractivity contribution in [3.63, 3.8) is 0 Å². The molecule has 0 aliphatic rings. The predicted molar refractivity (Wildman–Crippen MR) is 72.8 cm³/mol. The zero-order valence-electron chi connectivity index (χ0n) is 9.83. The molecular formula is C11H25NS2. The van der Waals surface area contributed by atoms with Crippen LogP contribution in [-0.4, -0.2) is 42.3 Å². The summed E-state index contributed by atoms with van der Waals surface area (Å²) < 4.78 is 0. The van der Waals surface area contributed by atoms with Gasteiger partial charge in [0.1, 0.15) is 0 Å². The van der Waals surface area contributed by atoms with E-state index in [1.807, 2.05) is 11.8 Å². The predicted octanol–water partition coefficient (Wildman–Crippen LogP) is 3.16. The summed E-state index contributed by atoms with van der Waals surface area (Å²) in [5.74, 6) is 2.28. The van der Waals surface area contributed by atoms with Gasteiger partial charge in [0.25, 0.3) is 0 Å². The Morgan fingerprint density at radius 2 is 1.86 bits per heavy atom. The molecule has 0 aliphatic carbocycles. The zero-order valence-corrected chi connectivity index (χ0v) is 11.5. The van der Waals surface area contributed by atoms with Gasteiger partial charge in [-0.3, -0.25) is 0 Å². The van der Waals surface area contributed by atoms with E-state index >= 15 is 0 Å². The van der Waals surface area contributed by atoms with Crippen LogP contribution in [0.3, 0.4) is 0 Å². The van der Waals surface area contributed by atoms with Crippen LogP contribution in [0.1, 0.15) is 32.6 Å². The van der Waals surface area contributed by atoms with Crippen LogP contribution < -0.4 is 0 Å². The highest BCUT2D eigenvalue weighted by molar-refractivity contribution is 7.98. The minimum absolute atomic E-state index is 0.717. The maximum Gasteiger partial charge on any atom is 0.0154 e. The minimum Gasteiger partial charge on any atom is -0.303 e. The van der Waals surface area contributed by atoms with Crippen LogP contribution in [0.5, 0.6) is 0 Å². The summed E-state index contributed by atoms with van der Waals surface area (Å²) in [6, 6.07) is 0.717. The van der Waals surface area contributed by atoms with Crippen molar-refractivity contribution in [2.24, 2.45) is 0 Å². The summed E-state index contributed by atoms with van der Waals surface area (Å²) in [4.78, 5) is 2.47. The molecule has 0 aromatic heterocycles. The Bertz CT molecular complexity index is 120. The standard InChI is InChI=1S/C11H25NS2/c1-11(10-14-3)12(2)8-6-4-5-7-9-13/h11,13H,4-10H2,1-3H3. The fourth-order valence-corrected chi connectivity index (χ4v) is 2.38. The molecule has 0 aromatic rings. The molecule has 1 nitrogen and oxygen atoms in total. The molecule has 0 saturated carbocycles. The molecule has 1 unspecified atom stereocenters. The largest absolute Gasteiger partial charge is 0.303 e. The second kappa shape index (κ2) is 10.2. The molecule has 0 rings (SSSR count). The Morgan fingerprint density at radius 3 is 2.43 bits per heavy atom. The number of thioether (sulfide) groups is 1. The lowest BCUT2D eigenvalue weighted by molar-refractivity contribution is 0.271. The molecule has 0 aliphatic heterocycles. The van der Waals surface area contributed by atoms with Crippen LogP contribution in [-0.2, 0) is 0 Å². The molecule has 0 fully saturated rings. The second-order valence-corrected chi connectivity index (χ2v) is 5.28. The second-order valence-electron chi connectivity index (χ2n) is 3.92. The van der Waals surface area contributed by atoms with E-state index in [9.17, 15) is 0 Å². The highest BCUT2D eigenvalue weighted by Crippen LogP contribution is 2.07. The van der Waals surface area contributed by atoms with Crippen molar-refractivity contribution in [3.05, 3.63) is 0 Å². The molecule has 3 heteroatoms. The highest BCUT2D eigenvalue weighted by atomic mass is 32.2. The van der Waals surface area contributed by atoms with Crippen LogP contribution in [0, 0.1) is 0 Å². The number of thiol groups is 1. The smallest absolute Gasteiger partial charge is 0.0154 e. The van der Waals surface area contributed by atoms with Crippen molar-refractivity contribution in [1.29, 1.82) is 0 Å². The fourth-order valence-electron chi connectivity index (χ4n) is 1.42. The first-order valence-electron chi connectivity index (χ1n) is 5.52. The van der Waals surface area contributed by atoms with E-state index in [2.05, 4.69) is 37.8 Å². The van der Waals surface area contributed by atoms with Crippen LogP contribution >= 0.6 is 24.4 Å². The topological polar surface area (TPSA) is 3.24 Å². The zero-order chi connectivity index (χ0) is 10.8. The van der Waals surface area contributed by atoms with Gasteiger partial charge in [-0.2, -0.15) is 24.4 Å². The van der Waals surface area contributed by atoms with E-state index < -0.39 is 0 Å². The number of nitrogens with zero attached hydrogens (tertiary/aromatic N) is 1. The van der Waals surface area contributed by atoms with Gasteiger partial charge in [0, 0.05) is 11.8 Å². The monoisotopic (exact) mass is 235 g/mol. The van der Waals surface area contributed by atoms with Gasteiger partial charge < -0.3 is 4.90 Å². The number of unbranched alkanes of at least 4 members (excludes halogenated alkanes) is 3. The maximum atomic E-state index is 4.21. The van der Waals surface area contributed by atoms with Gasteiger partial charge in [-0.1, -0.05) is 12.8 Å². The van der Waals surface area contributed by atoms with Gasteiger partial charge in [-0.05, 0) is 45.4 Å². The quantitative estimate of drug-likeness (QED) is 0.483. The van der Waals surface area contributed by atoms with Crippen LogP contribution in [0.2, 0.25) is 0 Å². The molecule has 0 heterocycles. The van der Waals surface area contributed by atoms with Gasteiger partial charge in [-0.25, -0.2) is 0 Å². The Kier molecular flexibility index (Phi) is 10.7. The van der Waals surface area contributed by atoms with E-state index in [4.69, 9.17) is 0 Å². The molecule has 14 heavy (non-hydrogen) atoms. The van der Waals surface area contributed by atoms with Crippen molar-refractivity contribution in [1.82, 2.24) is 4.90 Å². The normalized spacial score (nSPS) is 13.5. The molecule has 0 saturated heterocycles. The van der Waals surface area contributed by atoms with Crippen molar-refractivity contribution >= 4 is 24.4 Å². The van der Waals surface area contributed by atoms with Crippen LogP contribution in [0.15, 0.2) is 0 Å². The van der Waals surface area contributed by atoms with Crippen LogP contribution in [0.25, 0.3) is 0 Å². The molecular weight excluding hydrogens is 210 g/mol. The molecule has 0 aromatic carbocycles. The van der Waals surface area contributed by atoms with E-state index in [1.54, 1.807) is 0 Å². The lowest BCUT2D eigenvalue weighted by Gasteiger charge is -2.23. The Morgan fingerprint density at radius 1 is 1.21 bits per heavy atom. The van der Waals surface area contributed by atoms with Gasteiger partial charge in [0.2, 0.25) is 0 Å². The summed E-state index contributed by atoms with van der Waals surface area (Å²) in [5, 5.41) is 0. The van der Waals surface area contributed by atoms with Gasteiger partial charge in [0.15, 0.2) is 0 Å². The molecule has 0 bridgehead atoms. The fraction of sp³-hybridized carbons (Fsp3) is 1.00. The third-order valence-electron chi connectivity index (χ3n) is 2.58. The lowest BCUT2D eigenvalue weighted by atomic mass is 10.2. The average Bonchev–Trinajstić information content (AvgIpc) is 2.17. The summed E-state index contributed by atoms with van der Waals surface area (Å²) in [7, 11) is 2.24. The average molecular weight is 235 g/mol. The van der Waals surface area contributed by atoms with Crippen molar-refractivity contribution < 1.29 is 0 Å². The van der Waals surface area contributed by atoms with E-state index in [0.717, 1.165) is 11.8 Å². The van der Waals surface area contributed by atoms with Gasteiger partial charge in [-0.15, -0.1) is 0 Å². The molecule has 86 valence electrons. The maximum absolute atomic E-state index is 4.21. The van der Waals surface area contributed by atoms with E-state index in [0.29, 0.717) is 0 Å².